The van der Waals surface area contributed by atoms with Gasteiger partial charge in [0.2, 0.25) is 0 Å². The van der Waals surface area contributed by atoms with Gasteiger partial charge in [0.15, 0.2) is 11.5 Å². The molecule has 0 radical (unpaired) electrons. The van der Waals surface area contributed by atoms with E-state index in [1.54, 1.807) is 14.2 Å². The van der Waals surface area contributed by atoms with Crippen molar-refractivity contribution < 1.29 is 37.3 Å². The number of anilines is 1. The van der Waals surface area contributed by atoms with Crippen LogP contribution in [0.4, 0.5) is 23.7 Å². The monoisotopic (exact) mass is 615 g/mol. The van der Waals surface area contributed by atoms with Crippen molar-refractivity contribution in [3.63, 3.8) is 0 Å². The van der Waals surface area contributed by atoms with Gasteiger partial charge in [-0.3, -0.25) is 0 Å². The summed E-state index contributed by atoms with van der Waals surface area (Å²) in [5.41, 5.74) is 3.27. The van der Waals surface area contributed by atoms with Gasteiger partial charge in [0, 0.05) is 27.7 Å². The van der Waals surface area contributed by atoms with Crippen LogP contribution in [0.25, 0.3) is 0 Å². The van der Waals surface area contributed by atoms with Crippen LogP contribution in [0.5, 0.6) is 11.5 Å². The molecule has 4 rings (SSSR count). The highest BCUT2D eigenvalue weighted by molar-refractivity contribution is 9.10. The Balaban J connectivity index is 0.000000532. The molecule has 2 aliphatic rings. The summed E-state index contributed by atoms with van der Waals surface area (Å²) >= 11 is 3.50. The fraction of sp³-hybridized carbons (Fsp3) is 0.481. The summed E-state index contributed by atoms with van der Waals surface area (Å²) in [6, 6.07) is 12.5. The minimum absolute atomic E-state index is 0.0752. The predicted octanol–water partition coefficient (Wildman–Crippen LogP) is 5.72. The molecule has 8 nitrogen and oxygen atoms in total. The Morgan fingerprint density at radius 1 is 1.10 bits per heavy atom. The third-order valence-electron chi connectivity index (χ3n) is 7.48. The predicted molar refractivity (Wildman–Crippen MR) is 145 cm³/mol. The maximum Gasteiger partial charge on any atom is 0.490 e. The number of halogens is 4. The molecule has 2 amide bonds. The average Bonchev–Trinajstić information content (AvgIpc) is 3.22. The highest BCUT2D eigenvalue weighted by Gasteiger charge is 2.50. The number of aryl methyl sites for hydroxylation is 1. The van der Waals surface area contributed by atoms with Crippen LogP contribution >= 0.6 is 15.9 Å². The first-order valence-corrected chi connectivity index (χ1v) is 13.2. The molecule has 0 bridgehead atoms. The maximum absolute atomic E-state index is 12.7. The summed E-state index contributed by atoms with van der Waals surface area (Å²) in [6.07, 6.45) is -1.07. The fourth-order valence-electron chi connectivity index (χ4n) is 5.47. The number of aliphatic carboxylic acids is 1. The quantitative estimate of drug-likeness (QED) is 0.398. The van der Waals surface area contributed by atoms with Crippen LogP contribution in [-0.4, -0.2) is 68.1 Å². The number of methoxy groups -OCH3 is 2. The highest BCUT2D eigenvalue weighted by Crippen LogP contribution is 2.49. The molecule has 1 heterocycles. The first kappa shape index (κ1) is 30.6. The molecular formula is C27H33BrF3N3O5. The molecule has 0 aromatic heterocycles. The second-order valence-electron chi connectivity index (χ2n) is 9.81. The van der Waals surface area contributed by atoms with E-state index < -0.39 is 12.1 Å². The number of carboxylic acid groups (broad SMARTS) is 1. The van der Waals surface area contributed by atoms with Crippen molar-refractivity contribution in [3.8, 4) is 11.5 Å². The van der Waals surface area contributed by atoms with Gasteiger partial charge in [-0.1, -0.05) is 22.0 Å². The zero-order valence-electron chi connectivity index (χ0n) is 22.2. The van der Waals surface area contributed by atoms with Gasteiger partial charge >= 0.3 is 18.2 Å². The summed E-state index contributed by atoms with van der Waals surface area (Å²) in [5.74, 6) is -1.23. The van der Waals surface area contributed by atoms with E-state index in [-0.39, 0.29) is 17.5 Å². The van der Waals surface area contributed by atoms with Gasteiger partial charge in [-0.2, -0.15) is 13.2 Å². The van der Waals surface area contributed by atoms with E-state index in [0.29, 0.717) is 6.04 Å². The van der Waals surface area contributed by atoms with Crippen molar-refractivity contribution in [2.75, 3.05) is 33.1 Å². The molecule has 1 aliphatic carbocycles. The molecule has 2 fully saturated rings. The Morgan fingerprint density at radius 3 is 2.36 bits per heavy atom. The van der Waals surface area contributed by atoms with Gasteiger partial charge < -0.3 is 30.1 Å². The molecule has 0 spiro atoms. The number of fused-ring (bicyclic) bond motifs is 1. The number of benzene rings is 2. The van der Waals surface area contributed by atoms with Gasteiger partial charge in [0.25, 0.3) is 0 Å². The topological polar surface area (TPSA) is 100 Å². The molecule has 3 N–H and O–H groups in total. The molecule has 1 saturated heterocycles. The highest BCUT2D eigenvalue weighted by atomic mass is 79.9. The smallest absolute Gasteiger partial charge is 0.490 e. The summed E-state index contributed by atoms with van der Waals surface area (Å²) < 4.78 is 43.8. The second kappa shape index (κ2) is 12.5. The molecule has 39 heavy (non-hydrogen) atoms. The minimum atomic E-state index is -5.08. The number of amides is 2. The van der Waals surface area contributed by atoms with E-state index in [1.807, 2.05) is 31.2 Å². The molecule has 2 aromatic carbocycles. The lowest BCUT2D eigenvalue weighted by atomic mass is 9.65. The van der Waals surface area contributed by atoms with E-state index in [0.717, 1.165) is 59.5 Å². The van der Waals surface area contributed by atoms with Crippen molar-refractivity contribution in [1.82, 2.24) is 10.2 Å². The molecule has 12 heteroatoms. The lowest BCUT2D eigenvalue weighted by Crippen LogP contribution is -2.52. The van der Waals surface area contributed by atoms with Gasteiger partial charge in [-0.05, 0) is 87.7 Å². The number of ether oxygens (including phenoxy) is 2. The normalized spacial score (nSPS) is 22.7. The zero-order chi connectivity index (χ0) is 29.0. The largest absolute Gasteiger partial charge is 0.493 e. The molecule has 1 aliphatic heterocycles. The summed E-state index contributed by atoms with van der Waals surface area (Å²) in [7, 11) is 5.55. The first-order valence-electron chi connectivity index (χ1n) is 12.4. The minimum Gasteiger partial charge on any atom is -0.493 e. The number of nitrogens with zero attached hydrogens (tertiary/aromatic N) is 1. The fourth-order valence-corrected chi connectivity index (χ4v) is 5.72. The summed E-state index contributed by atoms with van der Waals surface area (Å²) in [4.78, 5) is 24.0. The number of hydrogen-bond donors (Lipinski definition) is 3. The Bertz CT molecular complexity index is 1200. The number of urea groups is 1. The van der Waals surface area contributed by atoms with Crippen LogP contribution in [0.15, 0.2) is 40.9 Å². The van der Waals surface area contributed by atoms with E-state index in [9.17, 15) is 18.0 Å². The third kappa shape index (κ3) is 7.16. The number of carboxylic acids is 1. The van der Waals surface area contributed by atoms with Crippen molar-refractivity contribution >= 4 is 33.6 Å². The molecule has 2 aromatic rings. The summed E-state index contributed by atoms with van der Waals surface area (Å²) in [6.45, 7) is 3.06. The van der Waals surface area contributed by atoms with Crippen LogP contribution < -0.4 is 20.1 Å². The standard InChI is InChI=1S/C25H32BrN3O3.C2HF3O2/c1-16-13-18(6-7-20(16)26)27-24(30)28-19-9-10-25(11-12-29(2)23(25)15-19)17-5-8-21(31-3)22(14-17)32-4;3-2(4,5)1(6)7/h5-8,13-14,19,23H,9-12,15H2,1-4H3,(H2,27,28,30);(H,6,7). The first-order chi connectivity index (χ1) is 18.3. The van der Waals surface area contributed by atoms with Crippen LogP contribution in [0.1, 0.15) is 36.8 Å². The number of likely N-dealkylation sites (tertiary alicyclic amines) is 1. The van der Waals surface area contributed by atoms with Crippen LogP contribution in [0.2, 0.25) is 0 Å². The summed E-state index contributed by atoms with van der Waals surface area (Å²) in [5, 5.41) is 13.3. The van der Waals surface area contributed by atoms with Crippen molar-refractivity contribution in [3.05, 3.63) is 52.0 Å². The molecule has 3 atom stereocenters. The van der Waals surface area contributed by atoms with Crippen molar-refractivity contribution in [2.24, 2.45) is 0 Å². The molecule has 1 saturated carbocycles. The number of rotatable bonds is 5. The third-order valence-corrected chi connectivity index (χ3v) is 8.37. The number of likely N-dealkylation sites (N-methyl/N-ethyl adjacent to an activating group) is 1. The van der Waals surface area contributed by atoms with Crippen LogP contribution in [0, 0.1) is 6.92 Å². The Hall–Kier alpha value is -2.99. The lowest BCUT2D eigenvalue weighted by Gasteiger charge is -2.45. The number of carbonyl (C=O) groups is 2. The van der Waals surface area contributed by atoms with E-state index in [4.69, 9.17) is 19.4 Å². The Labute approximate surface area is 234 Å². The van der Waals surface area contributed by atoms with Crippen LogP contribution in [-0.2, 0) is 10.2 Å². The molecule has 214 valence electrons. The molecular weight excluding hydrogens is 583 g/mol. The SMILES string of the molecule is COc1ccc(C23CCC(NC(=O)Nc4ccc(Br)c(C)c4)CC2N(C)CC3)cc1OC.O=C(O)C(F)(F)F. The Morgan fingerprint density at radius 2 is 1.77 bits per heavy atom. The Kier molecular flexibility index (Phi) is 9.76. The van der Waals surface area contributed by atoms with E-state index in [2.05, 4.69) is 50.6 Å². The van der Waals surface area contributed by atoms with Crippen molar-refractivity contribution in [1.29, 1.82) is 0 Å². The maximum atomic E-state index is 12.7. The van der Waals surface area contributed by atoms with Crippen molar-refractivity contribution in [2.45, 2.75) is 56.3 Å². The van der Waals surface area contributed by atoms with Gasteiger partial charge in [0.05, 0.1) is 14.2 Å². The number of hydrogen-bond acceptors (Lipinski definition) is 5. The lowest BCUT2D eigenvalue weighted by molar-refractivity contribution is -0.192. The van der Waals surface area contributed by atoms with Gasteiger partial charge in [0.1, 0.15) is 0 Å². The number of carbonyl (C=O) groups excluding carboxylic acids is 1. The number of nitrogens with one attached hydrogen (secondary N) is 2. The van der Waals surface area contributed by atoms with E-state index >= 15 is 0 Å². The second-order valence-corrected chi connectivity index (χ2v) is 10.7. The zero-order valence-corrected chi connectivity index (χ0v) is 23.8. The van der Waals surface area contributed by atoms with Gasteiger partial charge in [-0.25, -0.2) is 9.59 Å². The average molecular weight is 616 g/mol. The number of alkyl halides is 3. The van der Waals surface area contributed by atoms with E-state index in [1.165, 1.54) is 5.56 Å². The van der Waals surface area contributed by atoms with Gasteiger partial charge in [-0.15, -0.1) is 0 Å². The molecule has 3 unspecified atom stereocenters. The van der Waals surface area contributed by atoms with Crippen LogP contribution in [0.3, 0.4) is 0 Å².